The summed E-state index contributed by atoms with van der Waals surface area (Å²) in [6.45, 7) is 5.56. The lowest BCUT2D eigenvalue weighted by molar-refractivity contribution is 0.215. The van der Waals surface area contributed by atoms with E-state index in [2.05, 4.69) is 13.8 Å². The van der Waals surface area contributed by atoms with Crippen LogP contribution in [0.15, 0.2) is 0 Å². The van der Waals surface area contributed by atoms with Crippen LogP contribution in [0.1, 0.15) is 13.8 Å². The van der Waals surface area contributed by atoms with Crippen molar-refractivity contribution in [2.45, 2.75) is 25.4 Å². The van der Waals surface area contributed by atoms with Crippen molar-refractivity contribution in [3.8, 4) is 0 Å². The van der Waals surface area contributed by atoms with E-state index in [1.165, 1.54) is 6.04 Å². The van der Waals surface area contributed by atoms with Crippen molar-refractivity contribution in [2.75, 3.05) is 13.7 Å². The van der Waals surface area contributed by atoms with Crippen LogP contribution < -0.4 is 0 Å². The number of hydrogen-bond acceptors (Lipinski definition) is 1. The first kappa shape index (κ1) is 8.18. The van der Waals surface area contributed by atoms with Gasteiger partial charge in [0.05, 0.1) is 0 Å². The molecule has 0 amide bonds. The van der Waals surface area contributed by atoms with Gasteiger partial charge in [-0.1, -0.05) is 19.4 Å². The van der Waals surface area contributed by atoms with Gasteiger partial charge in [0, 0.05) is 23.2 Å². The zero-order valence-electron chi connectivity index (χ0n) is 6.11. The van der Waals surface area contributed by atoms with Crippen molar-refractivity contribution in [1.29, 1.82) is 0 Å². The predicted octanol–water partition coefficient (Wildman–Crippen LogP) is 1.05. The van der Waals surface area contributed by atoms with Crippen LogP contribution in [0.25, 0.3) is 0 Å². The highest BCUT2D eigenvalue weighted by atomic mass is 28.2. The maximum atomic E-state index is 4.93. The fraction of sp³-hybridized carbons (Fsp3) is 1.00. The van der Waals surface area contributed by atoms with Crippen molar-refractivity contribution >= 4 is 9.52 Å². The van der Waals surface area contributed by atoms with Crippen molar-refractivity contribution in [1.82, 2.24) is 0 Å². The Bertz CT molecular complexity index is 45.8. The van der Waals surface area contributed by atoms with Crippen LogP contribution in [0.2, 0.25) is 11.6 Å². The lowest BCUT2D eigenvalue weighted by atomic mass is 10.6. The average molecular weight is 132 g/mol. The summed E-state index contributed by atoms with van der Waals surface area (Å²) in [4.78, 5) is 0. The first-order valence-corrected chi connectivity index (χ1v) is 5.08. The second-order valence-corrected chi connectivity index (χ2v) is 5.45. The quantitative estimate of drug-likeness (QED) is 0.410. The largest absolute Gasteiger partial charge is 0.385 e. The lowest BCUT2D eigenvalue weighted by Gasteiger charge is -2.00. The molecule has 0 aromatic heterocycles. The van der Waals surface area contributed by atoms with Gasteiger partial charge in [0.25, 0.3) is 0 Å². The highest BCUT2D eigenvalue weighted by Crippen LogP contribution is 1.99. The molecule has 0 bridgehead atoms. The van der Waals surface area contributed by atoms with Gasteiger partial charge in [-0.3, -0.25) is 0 Å². The number of ether oxygens (including phenoxy) is 1. The summed E-state index contributed by atoms with van der Waals surface area (Å²) in [5.74, 6) is 0. The zero-order chi connectivity index (χ0) is 6.41. The normalized spacial score (nSPS) is 12.0. The minimum absolute atomic E-state index is 0.210. The second-order valence-electron chi connectivity index (χ2n) is 2.53. The Labute approximate surface area is 54.3 Å². The van der Waals surface area contributed by atoms with Gasteiger partial charge in [-0.15, -0.1) is 0 Å². The van der Waals surface area contributed by atoms with Gasteiger partial charge in [0.15, 0.2) is 0 Å². The third-order valence-corrected chi connectivity index (χ3v) is 2.98. The Balaban J connectivity index is 2.72. The molecule has 0 aromatic rings. The molecule has 0 fully saturated rings. The van der Waals surface area contributed by atoms with Crippen molar-refractivity contribution in [2.24, 2.45) is 0 Å². The lowest BCUT2D eigenvalue weighted by Crippen LogP contribution is -1.98. The predicted molar refractivity (Wildman–Crippen MR) is 40.3 cm³/mol. The summed E-state index contributed by atoms with van der Waals surface area (Å²) in [5, 5.41) is 0. The van der Waals surface area contributed by atoms with Crippen LogP contribution >= 0.6 is 0 Å². The van der Waals surface area contributed by atoms with Gasteiger partial charge >= 0.3 is 0 Å². The van der Waals surface area contributed by atoms with Gasteiger partial charge in [0.1, 0.15) is 0 Å². The summed E-state index contributed by atoms with van der Waals surface area (Å²) in [5.41, 5.74) is 0.963. The van der Waals surface area contributed by atoms with Crippen LogP contribution in [-0.4, -0.2) is 23.2 Å². The van der Waals surface area contributed by atoms with E-state index in [-0.39, 0.29) is 9.52 Å². The fourth-order valence-corrected chi connectivity index (χ4v) is 1.91. The molecule has 0 atom stereocenters. The molecule has 0 aliphatic rings. The molecule has 1 nitrogen and oxygen atoms in total. The SMILES string of the molecule is COCC[SiH2]C(C)C. The van der Waals surface area contributed by atoms with Crippen molar-refractivity contribution in [3.05, 3.63) is 0 Å². The molecule has 50 valence electrons. The second kappa shape index (κ2) is 5.32. The molecule has 0 aliphatic heterocycles. The monoisotopic (exact) mass is 132 g/mol. The summed E-state index contributed by atoms with van der Waals surface area (Å²) >= 11 is 0. The van der Waals surface area contributed by atoms with Crippen LogP contribution in [-0.2, 0) is 4.74 Å². The summed E-state index contributed by atoms with van der Waals surface area (Å²) < 4.78 is 4.93. The summed E-state index contributed by atoms with van der Waals surface area (Å²) in [7, 11) is 1.98. The smallest absolute Gasteiger partial charge is 0.0433 e. The Morgan fingerprint density at radius 1 is 1.50 bits per heavy atom. The first-order valence-electron chi connectivity index (χ1n) is 3.26. The molecule has 0 aromatic carbocycles. The van der Waals surface area contributed by atoms with Gasteiger partial charge in [-0.25, -0.2) is 0 Å². The molecule has 0 saturated heterocycles. The van der Waals surface area contributed by atoms with Gasteiger partial charge in [-0.05, 0) is 6.04 Å². The van der Waals surface area contributed by atoms with Crippen LogP contribution in [0, 0.1) is 0 Å². The molecule has 0 saturated carbocycles. The van der Waals surface area contributed by atoms with E-state index in [0.717, 1.165) is 12.1 Å². The van der Waals surface area contributed by atoms with Crippen LogP contribution in [0.5, 0.6) is 0 Å². The summed E-state index contributed by atoms with van der Waals surface area (Å²) in [6, 6.07) is 1.34. The van der Waals surface area contributed by atoms with E-state index in [1.54, 1.807) is 7.11 Å². The molecular formula is C6H16OSi. The standard InChI is InChI=1S/C6H16OSi/c1-6(2)8-5-4-7-3/h6H,4-5,8H2,1-3H3. The van der Waals surface area contributed by atoms with E-state index in [1.807, 2.05) is 0 Å². The van der Waals surface area contributed by atoms with Crippen molar-refractivity contribution < 1.29 is 4.74 Å². The van der Waals surface area contributed by atoms with Gasteiger partial charge in [0.2, 0.25) is 0 Å². The molecule has 0 radical (unpaired) electrons. The maximum absolute atomic E-state index is 4.93. The molecular weight excluding hydrogens is 116 g/mol. The average Bonchev–Trinajstić information content (AvgIpc) is 1.66. The van der Waals surface area contributed by atoms with Crippen LogP contribution in [0.3, 0.4) is 0 Å². The zero-order valence-corrected chi connectivity index (χ0v) is 7.52. The van der Waals surface area contributed by atoms with Crippen molar-refractivity contribution in [3.63, 3.8) is 0 Å². The number of rotatable bonds is 4. The molecule has 0 N–H and O–H groups in total. The molecule has 0 spiro atoms. The first-order chi connectivity index (χ1) is 3.77. The summed E-state index contributed by atoms with van der Waals surface area (Å²) in [6.07, 6.45) is 0. The minimum Gasteiger partial charge on any atom is -0.385 e. The molecule has 0 rings (SSSR count). The Hall–Kier alpha value is 0.177. The van der Waals surface area contributed by atoms with E-state index in [0.29, 0.717) is 0 Å². The van der Waals surface area contributed by atoms with E-state index in [4.69, 9.17) is 4.74 Å². The fourth-order valence-electron chi connectivity index (χ4n) is 0.636. The van der Waals surface area contributed by atoms with E-state index >= 15 is 0 Å². The highest BCUT2D eigenvalue weighted by molar-refractivity contribution is 6.37. The third kappa shape index (κ3) is 6.18. The molecule has 8 heavy (non-hydrogen) atoms. The van der Waals surface area contributed by atoms with Crippen LogP contribution in [0.4, 0.5) is 0 Å². The Morgan fingerprint density at radius 3 is 2.50 bits per heavy atom. The number of methoxy groups -OCH3 is 1. The Kier molecular flexibility index (Phi) is 5.43. The topological polar surface area (TPSA) is 9.23 Å². The van der Waals surface area contributed by atoms with E-state index < -0.39 is 0 Å². The third-order valence-electron chi connectivity index (χ3n) is 1.13. The highest BCUT2D eigenvalue weighted by Gasteiger charge is 1.92. The van der Waals surface area contributed by atoms with E-state index in [9.17, 15) is 0 Å². The molecule has 2 heteroatoms. The maximum Gasteiger partial charge on any atom is 0.0433 e. The Morgan fingerprint density at radius 2 is 2.12 bits per heavy atom. The number of hydrogen-bond donors (Lipinski definition) is 0. The molecule has 0 unspecified atom stereocenters. The van der Waals surface area contributed by atoms with Gasteiger partial charge < -0.3 is 4.74 Å². The molecule has 0 aliphatic carbocycles. The van der Waals surface area contributed by atoms with Gasteiger partial charge in [-0.2, -0.15) is 0 Å². The minimum atomic E-state index is 0.210. The molecule has 0 heterocycles.